The maximum Gasteiger partial charge on any atom is 0.338 e. The number of hydrogen-bond acceptors (Lipinski definition) is 11. The summed E-state index contributed by atoms with van der Waals surface area (Å²) < 4.78 is 28.3. The highest BCUT2D eigenvalue weighted by Crippen LogP contribution is 2.46. The van der Waals surface area contributed by atoms with Gasteiger partial charge in [-0.2, -0.15) is 0 Å². The Hall–Kier alpha value is -1.15. The number of carbonyl (C=O) groups excluding carboxylic acids is 1. The molecule has 2 fully saturated rings. The first-order chi connectivity index (χ1) is 17.8. The summed E-state index contributed by atoms with van der Waals surface area (Å²) in [6, 6.07) is 0. The first-order valence-electron chi connectivity index (χ1n) is 13.3. The van der Waals surface area contributed by atoms with Crippen LogP contribution in [-0.2, 0) is 28.5 Å². The molecule has 2 saturated heterocycles. The Bertz CT molecular complexity index is 783. The number of cyclic esters (lactones) is 1. The van der Waals surface area contributed by atoms with Crippen LogP contribution in [0.1, 0.15) is 59.8 Å². The van der Waals surface area contributed by atoms with E-state index in [1.165, 1.54) is 21.3 Å². The van der Waals surface area contributed by atoms with Crippen LogP contribution in [0.3, 0.4) is 0 Å². The van der Waals surface area contributed by atoms with Gasteiger partial charge in [0.2, 0.25) is 5.79 Å². The molecule has 11 nitrogen and oxygen atoms in total. The number of carbonyl (C=O) groups is 1. The molecule has 2 aliphatic heterocycles. The van der Waals surface area contributed by atoms with Crippen LogP contribution < -0.4 is 0 Å². The Morgan fingerprint density at radius 1 is 1.05 bits per heavy atom. The second-order valence-corrected chi connectivity index (χ2v) is 11.1. The van der Waals surface area contributed by atoms with Crippen molar-refractivity contribution in [1.82, 2.24) is 0 Å². The highest BCUT2D eigenvalue weighted by atomic mass is 16.7. The molecule has 222 valence electrons. The molecule has 0 aliphatic carbocycles. The minimum atomic E-state index is -2.23. The monoisotopic (exact) mass is 548 g/mol. The zero-order valence-corrected chi connectivity index (χ0v) is 23.7. The topological polar surface area (TPSA) is 164 Å². The number of methoxy groups -OCH3 is 3. The predicted octanol–water partition coefficient (Wildman–Crippen LogP) is 0.678. The van der Waals surface area contributed by atoms with Gasteiger partial charge in [0.1, 0.15) is 12.2 Å². The standard InChI is InChI=1S/C27H48O11/c1-8-16(14-28)9-15(2)19-10-17(34-5)13-22(29)26(3,4)27(33)24(31)21(36-7)12-18(38-27)11-20(35-6)23(30)25(32)37-19/h9,16-24,28-31,33H,8,10-14H2,1-7H3/b15-9-/t16-,17-,18+,19+,20-,21-,22+,23-,24-,27+/m1/s1. The molecule has 5 N–H and O–H groups in total. The van der Waals surface area contributed by atoms with Gasteiger partial charge in [-0.25, -0.2) is 4.79 Å². The molecule has 2 rings (SSSR count). The number of aliphatic hydroxyl groups excluding tert-OH is 4. The molecule has 0 aromatic rings. The van der Waals surface area contributed by atoms with Crippen molar-refractivity contribution in [3.63, 3.8) is 0 Å². The molecular formula is C27H48O11. The Morgan fingerprint density at radius 2 is 1.66 bits per heavy atom. The first-order valence-corrected chi connectivity index (χ1v) is 13.3. The van der Waals surface area contributed by atoms with Crippen LogP contribution in [-0.4, -0.2) is 114 Å². The summed E-state index contributed by atoms with van der Waals surface area (Å²) in [6.45, 7) is 6.81. The molecule has 0 amide bonds. The van der Waals surface area contributed by atoms with E-state index in [1.54, 1.807) is 20.8 Å². The molecule has 0 aromatic heterocycles. The molecule has 10 atom stereocenters. The Labute approximate surface area is 225 Å². The molecular weight excluding hydrogens is 500 g/mol. The first kappa shape index (κ1) is 33.1. The van der Waals surface area contributed by atoms with Crippen molar-refractivity contribution < 1.29 is 54.0 Å². The van der Waals surface area contributed by atoms with Crippen molar-refractivity contribution in [3.8, 4) is 0 Å². The van der Waals surface area contributed by atoms with Crippen molar-refractivity contribution in [2.45, 2.75) is 114 Å². The smallest absolute Gasteiger partial charge is 0.338 e. The molecule has 0 saturated carbocycles. The lowest BCUT2D eigenvalue weighted by atomic mass is 9.70. The summed E-state index contributed by atoms with van der Waals surface area (Å²) in [7, 11) is 4.20. The highest BCUT2D eigenvalue weighted by Gasteiger charge is 2.60. The average Bonchev–Trinajstić information content (AvgIpc) is 2.89. The lowest BCUT2D eigenvalue weighted by molar-refractivity contribution is -0.379. The van der Waals surface area contributed by atoms with Gasteiger partial charge in [-0.3, -0.25) is 0 Å². The van der Waals surface area contributed by atoms with E-state index in [0.29, 0.717) is 12.0 Å². The van der Waals surface area contributed by atoms with E-state index in [1.807, 2.05) is 13.0 Å². The zero-order valence-electron chi connectivity index (χ0n) is 23.7. The minimum absolute atomic E-state index is 0.0174. The number of aliphatic hydroxyl groups is 5. The number of ether oxygens (including phenoxy) is 5. The molecule has 0 aromatic carbocycles. The van der Waals surface area contributed by atoms with Gasteiger partial charge in [-0.15, -0.1) is 0 Å². The molecule has 2 heterocycles. The molecule has 2 aliphatic rings. The van der Waals surface area contributed by atoms with E-state index in [9.17, 15) is 30.3 Å². The second-order valence-electron chi connectivity index (χ2n) is 11.1. The quantitative estimate of drug-likeness (QED) is 0.224. The molecule has 2 bridgehead atoms. The molecule has 0 spiro atoms. The van der Waals surface area contributed by atoms with Gasteiger partial charge >= 0.3 is 5.97 Å². The maximum absolute atomic E-state index is 13.1. The minimum Gasteiger partial charge on any atom is -0.456 e. The highest BCUT2D eigenvalue weighted by molar-refractivity contribution is 5.75. The normalized spacial score (nSPS) is 40.2. The summed E-state index contributed by atoms with van der Waals surface area (Å²) >= 11 is 0. The molecule has 11 heteroatoms. The van der Waals surface area contributed by atoms with E-state index < -0.39 is 66.0 Å². The fourth-order valence-electron chi connectivity index (χ4n) is 5.30. The molecule has 0 radical (unpaired) electrons. The van der Waals surface area contributed by atoms with Crippen LogP contribution in [0, 0.1) is 11.3 Å². The lowest BCUT2D eigenvalue weighted by Crippen LogP contribution is -2.68. The molecule has 38 heavy (non-hydrogen) atoms. The van der Waals surface area contributed by atoms with E-state index in [-0.39, 0.29) is 38.2 Å². The maximum atomic E-state index is 13.1. The fraction of sp³-hybridized carbons (Fsp3) is 0.889. The summed E-state index contributed by atoms with van der Waals surface area (Å²) in [4.78, 5) is 13.1. The van der Waals surface area contributed by atoms with Crippen molar-refractivity contribution in [3.05, 3.63) is 11.6 Å². The zero-order chi connectivity index (χ0) is 28.8. The van der Waals surface area contributed by atoms with Crippen molar-refractivity contribution in [2.75, 3.05) is 27.9 Å². The van der Waals surface area contributed by atoms with Gasteiger partial charge in [0.05, 0.1) is 30.5 Å². The van der Waals surface area contributed by atoms with Crippen LogP contribution in [0.5, 0.6) is 0 Å². The molecule has 0 unspecified atom stereocenters. The number of hydrogen-bond donors (Lipinski definition) is 5. The van der Waals surface area contributed by atoms with Crippen LogP contribution >= 0.6 is 0 Å². The summed E-state index contributed by atoms with van der Waals surface area (Å²) in [5.74, 6) is -3.29. The number of esters is 1. The van der Waals surface area contributed by atoms with E-state index in [2.05, 4.69) is 0 Å². The van der Waals surface area contributed by atoms with Gasteiger partial charge < -0.3 is 49.2 Å². The number of rotatable bonds is 7. The SMILES string of the molecule is CC[C@H](/C=C(/C)[C@@H]1C[C@@H](OC)C[C@H](O)C(C)(C)[C@@]2(O)O[C@H](C[C@@H](OC)[C@H]2O)C[C@@H](OC)[C@@H](O)C(=O)O1)CO. The van der Waals surface area contributed by atoms with Crippen LogP contribution in [0.25, 0.3) is 0 Å². The summed E-state index contributed by atoms with van der Waals surface area (Å²) in [5, 5.41) is 54.7. The van der Waals surface area contributed by atoms with Crippen LogP contribution in [0.15, 0.2) is 11.6 Å². The summed E-state index contributed by atoms with van der Waals surface area (Å²) in [5.41, 5.74) is -0.730. The van der Waals surface area contributed by atoms with E-state index in [4.69, 9.17) is 23.7 Å². The largest absolute Gasteiger partial charge is 0.456 e. The van der Waals surface area contributed by atoms with E-state index >= 15 is 0 Å². The van der Waals surface area contributed by atoms with Gasteiger partial charge in [0.15, 0.2) is 6.10 Å². The van der Waals surface area contributed by atoms with Gasteiger partial charge in [0.25, 0.3) is 0 Å². The second kappa shape index (κ2) is 14.0. The third-order valence-corrected chi connectivity index (χ3v) is 8.37. The Balaban J connectivity index is 2.56. The predicted molar refractivity (Wildman–Crippen MR) is 137 cm³/mol. The van der Waals surface area contributed by atoms with Crippen molar-refractivity contribution in [2.24, 2.45) is 11.3 Å². The average molecular weight is 549 g/mol. The Morgan fingerprint density at radius 3 is 2.18 bits per heavy atom. The van der Waals surface area contributed by atoms with Gasteiger partial charge in [0, 0.05) is 65.0 Å². The van der Waals surface area contributed by atoms with Crippen LogP contribution in [0.4, 0.5) is 0 Å². The van der Waals surface area contributed by atoms with Gasteiger partial charge in [-0.05, 0) is 18.9 Å². The van der Waals surface area contributed by atoms with Crippen LogP contribution in [0.2, 0.25) is 0 Å². The fourth-order valence-corrected chi connectivity index (χ4v) is 5.30. The van der Waals surface area contributed by atoms with E-state index in [0.717, 1.165) is 0 Å². The van der Waals surface area contributed by atoms with Crippen molar-refractivity contribution >= 4 is 5.97 Å². The Kier molecular flexibility index (Phi) is 12.1. The van der Waals surface area contributed by atoms with Crippen molar-refractivity contribution in [1.29, 1.82) is 0 Å². The van der Waals surface area contributed by atoms with Gasteiger partial charge in [-0.1, -0.05) is 26.8 Å². The summed E-state index contributed by atoms with van der Waals surface area (Å²) in [6.07, 6.45) is -5.71. The third kappa shape index (κ3) is 7.13. The lowest BCUT2D eigenvalue weighted by Gasteiger charge is -2.54. The number of fused-ring (bicyclic) bond motifs is 2. The third-order valence-electron chi connectivity index (χ3n) is 8.37.